The van der Waals surface area contributed by atoms with Gasteiger partial charge < -0.3 is 4.90 Å². The van der Waals surface area contributed by atoms with Crippen molar-refractivity contribution in [1.29, 1.82) is 0 Å². The van der Waals surface area contributed by atoms with Crippen LogP contribution in [0.5, 0.6) is 0 Å². The summed E-state index contributed by atoms with van der Waals surface area (Å²) in [5, 5.41) is 0. The largest absolute Gasteiger partial charge is 0.300 e. The molecule has 0 saturated carbocycles. The van der Waals surface area contributed by atoms with Crippen molar-refractivity contribution in [2.75, 3.05) is 32.7 Å². The summed E-state index contributed by atoms with van der Waals surface area (Å²) in [7, 11) is 0. The molecule has 0 aliphatic carbocycles. The molecule has 0 aromatic heterocycles. The van der Waals surface area contributed by atoms with E-state index in [4.69, 9.17) is 0 Å². The molecule has 0 bridgehead atoms. The zero-order chi connectivity index (χ0) is 8.27. The number of nitrogens with zero attached hydrogens (tertiary/aromatic N) is 2. The van der Waals surface area contributed by atoms with E-state index in [9.17, 15) is 0 Å². The first-order chi connectivity index (χ1) is 5.18. The molecule has 0 atom stereocenters. The highest BCUT2D eigenvalue weighted by molar-refractivity contribution is 7.77. The number of hydrogen-bond acceptors (Lipinski definition) is 3. The van der Waals surface area contributed by atoms with Crippen LogP contribution in [0, 0.1) is 5.92 Å². The minimum absolute atomic E-state index is 0.793. The fourth-order valence-corrected chi connectivity index (χ4v) is 1.62. The highest BCUT2D eigenvalue weighted by Gasteiger charge is 2.14. The van der Waals surface area contributed by atoms with Crippen molar-refractivity contribution in [3.05, 3.63) is 0 Å². The fraction of sp³-hybridized carbons (Fsp3) is 1.00. The first kappa shape index (κ1) is 9.36. The van der Waals surface area contributed by atoms with Crippen LogP contribution in [-0.4, -0.2) is 41.9 Å². The molecule has 0 unspecified atom stereocenters. The Balaban J connectivity index is 2.17. The van der Waals surface area contributed by atoms with Crippen LogP contribution in [0.3, 0.4) is 0 Å². The van der Waals surface area contributed by atoms with E-state index in [-0.39, 0.29) is 0 Å². The third-order valence-corrected chi connectivity index (χ3v) is 2.37. The SMILES string of the molecule is CC(C)CN1CCN(S)CC1. The smallest absolute Gasteiger partial charge is 0.0215 e. The van der Waals surface area contributed by atoms with Gasteiger partial charge in [-0.15, -0.1) is 0 Å². The summed E-state index contributed by atoms with van der Waals surface area (Å²) < 4.78 is 2.09. The monoisotopic (exact) mass is 174 g/mol. The van der Waals surface area contributed by atoms with Gasteiger partial charge in [-0.3, -0.25) is 4.31 Å². The molecule has 0 N–H and O–H groups in total. The minimum Gasteiger partial charge on any atom is -0.300 e. The number of hydrogen-bond donors (Lipinski definition) is 1. The highest BCUT2D eigenvalue weighted by atomic mass is 32.1. The lowest BCUT2D eigenvalue weighted by Crippen LogP contribution is -2.43. The molecule has 0 spiro atoms. The lowest BCUT2D eigenvalue weighted by atomic mass is 10.2. The molecule has 11 heavy (non-hydrogen) atoms. The molecule has 1 saturated heterocycles. The van der Waals surface area contributed by atoms with Crippen LogP contribution in [0.25, 0.3) is 0 Å². The predicted octanol–water partition coefficient (Wildman–Crippen LogP) is 1.10. The van der Waals surface area contributed by atoms with Gasteiger partial charge in [-0.1, -0.05) is 26.7 Å². The maximum Gasteiger partial charge on any atom is 0.0215 e. The van der Waals surface area contributed by atoms with Gasteiger partial charge in [0, 0.05) is 32.7 Å². The third kappa shape index (κ3) is 3.45. The lowest BCUT2D eigenvalue weighted by molar-refractivity contribution is 0.180. The van der Waals surface area contributed by atoms with Crippen molar-refractivity contribution in [3.8, 4) is 0 Å². The summed E-state index contributed by atoms with van der Waals surface area (Å²) in [6, 6.07) is 0. The first-order valence-corrected chi connectivity index (χ1v) is 4.74. The Morgan fingerprint density at radius 3 is 2.18 bits per heavy atom. The van der Waals surface area contributed by atoms with E-state index in [1.165, 1.54) is 19.6 Å². The van der Waals surface area contributed by atoms with E-state index in [0.717, 1.165) is 19.0 Å². The predicted molar refractivity (Wildman–Crippen MR) is 51.8 cm³/mol. The van der Waals surface area contributed by atoms with Gasteiger partial charge in [0.15, 0.2) is 0 Å². The Morgan fingerprint density at radius 2 is 1.73 bits per heavy atom. The van der Waals surface area contributed by atoms with E-state index in [2.05, 4.69) is 35.9 Å². The second-order valence-electron chi connectivity index (χ2n) is 3.65. The molecule has 1 rings (SSSR count). The van der Waals surface area contributed by atoms with E-state index in [1.807, 2.05) is 0 Å². The Labute approximate surface area is 75.1 Å². The fourth-order valence-electron chi connectivity index (χ4n) is 1.44. The normalized spacial score (nSPS) is 22.9. The van der Waals surface area contributed by atoms with Crippen molar-refractivity contribution in [2.45, 2.75) is 13.8 Å². The number of piperazine rings is 1. The topological polar surface area (TPSA) is 6.48 Å². The van der Waals surface area contributed by atoms with E-state index >= 15 is 0 Å². The summed E-state index contributed by atoms with van der Waals surface area (Å²) in [5.74, 6) is 0.793. The zero-order valence-corrected chi connectivity index (χ0v) is 8.35. The summed E-state index contributed by atoms with van der Waals surface area (Å²) in [4.78, 5) is 2.51. The van der Waals surface area contributed by atoms with Gasteiger partial charge in [0.2, 0.25) is 0 Å². The van der Waals surface area contributed by atoms with Crippen molar-refractivity contribution in [3.63, 3.8) is 0 Å². The third-order valence-electron chi connectivity index (χ3n) is 1.97. The summed E-state index contributed by atoms with van der Waals surface area (Å²) in [5.41, 5.74) is 0. The van der Waals surface area contributed by atoms with E-state index in [0.29, 0.717) is 0 Å². The number of rotatable bonds is 2. The van der Waals surface area contributed by atoms with Crippen molar-refractivity contribution in [2.24, 2.45) is 5.92 Å². The molecule has 1 heterocycles. The molecule has 1 fully saturated rings. The Bertz CT molecular complexity index is 109. The Hall–Kier alpha value is 0.270. The molecule has 2 nitrogen and oxygen atoms in total. The second-order valence-corrected chi connectivity index (χ2v) is 4.21. The molecule has 0 aromatic rings. The van der Waals surface area contributed by atoms with Gasteiger partial charge in [0.1, 0.15) is 0 Å². The zero-order valence-electron chi connectivity index (χ0n) is 7.45. The lowest BCUT2D eigenvalue weighted by Gasteiger charge is -2.32. The van der Waals surface area contributed by atoms with Gasteiger partial charge in [-0.2, -0.15) is 0 Å². The maximum absolute atomic E-state index is 4.30. The average molecular weight is 174 g/mol. The Morgan fingerprint density at radius 1 is 1.18 bits per heavy atom. The van der Waals surface area contributed by atoms with Gasteiger partial charge in [-0.05, 0) is 5.92 Å². The van der Waals surface area contributed by atoms with Gasteiger partial charge in [0.25, 0.3) is 0 Å². The molecule has 3 heteroatoms. The van der Waals surface area contributed by atoms with Crippen LogP contribution in [0.4, 0.5) is 0 Å². The number of thiol groups is 1. The minimum atomic E-state index is 0.793. The molecule has 0 amide bonds. The van der Waals surface area contributed by atoms with Crippen molar-refractivity contribution >= 4 is 12.8 Å². The van der Waals surface area contributed by atoms with Gasteiger partial charge in [-0.25, -0.2) is 0 Å². The van der Waals surface area contributed by atoms with E-state index < -0.39 is 0 Å². The van der Waals surface area contributed by atoms with Crippen LogP contribution in [0.1, 0.15) is 13.8 Å². The average Bonchev–Trinajstić information content (AvgIpc) is 1.93. The van der Waals surface area contributed by atoms with Gasteiger partial charge in [0.05, 0.1) is 0 Å². The second kappa shape index (κ2) is 4.33. The van der Waals surface area contributed by atoms with Crippen LogP contribution < -0.4 is 0 Å². The molecule has 1 aliphatic heterocycles. The summed E-state index contributed by atoms with van der Waals surface area (Å²) in [6.45, 7) is 10.4. The highest BCUT2D eigenvalue weighted by Crippen LogP contribution is 2.05. The Kier molecular flexibility index (Phi) is 3.69. The van der Waals surface area contributed by atoms with Crippen LogP contribution in [0.2, 0.25) is 0 Å². The molecule has 66 valence electrons. The van der Waals surface area contributed by atoms with E-state index in [1.54, 1.807) is 0 Å². The molecular weight excluding hydrogens is 156 g/mol. The van der Waals surface area contributed by atoms with Crippen LogP contribution in [0.15, 0.2) is 0 Å². The van der Waals surface area contributed by atoms with Crippen LogP contribution in [-0.2, 0) is 0 Å². The molecule has 0 radical (unpaired) electrons. The summed E-state index contributed by atoms with van der Waals surface area (Å²) in [6.07, 6.45) is 0. The van der Waals surface area contributed by atoms with Crippen molar-refractivity contribution in [1.82, 2.24) is 9.21 Å². The molecular formula is C8H18N2S. The summed E-state index contributed by atoms with van der Waals surface area (Å²) >= 11 is 4.30. The van der Waals surface area contributed by atoms with Crippen LogP contribution >= 0.6 is 12.8 Å². The molecule has 1 aliphatic rings. The maximum atomic E-state index is 4.30. The first-order valence-electron chi connectivity index (χ1n) is 4.34. The van der Waals surface area contributed by atoms with Crippen molar-refractivity contribution < 1.29 is 0 Å². The molecule has 0 aromatic carbocycles. The van der Waals surface area contributed by atoms with Gasteiger partial charge >= 0.3 is 0 Å². The standard InChI is InChI=1S/C8H18N2S/c1-8(2)7-9-3-5-10(11)6-4-9/h8,11H,3-7H2,1-2H3. The quantitative estimate of drug-likeness (QED) is 0.626.